The SMILES string of the molecule is Nc1ccc(CN(CCCO)C2CCC2)c(C(F)(F)F)c1. The van der Waals surface area contributed by atoms with E-state index in [1.165, 1.54) is 12.1 Å². The molecule has 3 nitrogen and oxygen atoms in total. The highest BCUT2D eigenvalue weighted by Crippen LogP contribution is 2.35. The number of hydrogen-bond acceptors (Lipinski definition) is 3. The number of hydrogen-bond donors (Lipinski definition) is 2. The molecule has 0 saturated heterocycles. The molecule has 1 aromatic carbocycles. The lowest BCUT2D eigenvalue weighted by molar-refractivity contribution is -0.138. The van der Waals surface area contributed by atoms with Crippen LogP contribution in [0, 0.1) is 0 Å². The lowest BCUT2D eigenvalue weighted by Gasteiger charge is -2.38. The Kier molecular flexibility index (Phi) is 5.11. The van der Waals surface area contributed by atoms with Crippen molar-refractivity contribution in [1.29, 1.82) is 0 Å². The normalized spacial score (nSPS) is 16.2. The van der Waals surface area contributed by atoms with Gasteiger partial charge in [0, 0.05) is 31.4 Å². The number of aliphatic hydroxyl groups excluding tert-OH is 1. The first kappa shape index (κ1) is 16.1. The summed E-state index contributed by atoms with van der Waals surface area (Å²) in [4.78, 5) is 2.04. The Morgan fingerprint density at radius 1 is 1.29 bits per heavy atom. The molecule has 21 heavy (non-hydrogen) atoms. The number of anilines is 1. The van der Waals surface area contributed by atoms with E-state index in [0.29, 0.717) is 19.0 Å². The molecule has 3 N–H and O–H groups in total. The second-order valence-electron chi connectivity index (χ2n) is 5.55. The summed E-state index contributed by atoms with van der Waals surface area (Å²) < 4.78 is 39.3. The summed E-state index contributed by atoms with van der Waals surface area (Å²) in [5.41, 5.74) is 5.20. The third-order valence-electron chi connectivity index (χ3n) is 4.01. The van der Waals surface area contributed by atoms with Gasteiger partial charge in [0.15, 0.2) is 0 Å². The van der Waals surface area contributed by atoms with Gasteiger partial charge in [-0.2, -0.15) is 13.2 Å². The summed E-state index contributed by atoms with van der Waals surface area (Å²) in [6.07, 6.45) is -0.669. The van der Waals surface area contributed by atoms with E-state index in [9.17, 15) is 13.2 Å². The summed E-state index contributed by atoms with van der Waals surface area (Å²) >= 11 is 0. The van der Waals surface area contributed by atoms with E-state index >= 15 is 0 Å². The highest BCUT2D eigenvalue weighted by atomic mass is 19.4. The van der Waals surface area contributed by atoms with E-state index in [0.717, 1.165) is 25.3 Å². The average Bonchev–Trinajstić information content (AvgIpc) is 2.34. The minimum Gasteiger partial charge on any atom is -0.399 e. The molecule has 0 radical (unpaired) electrons. The Labute approximate surface area is 122 Å². The van der Waals surface area contributed by atoms with Gasteiger partial charge in [0.2, 0.25) is 0 Å². The second-order valence-corrected chi connectivity index (χ2v) is 5.55. The van der Waals surface area contributed by atoms with Crippen molar-refractivity contribution < 1.29 is 18.3 Å². The molecule has 1 aliphatic carbocycles. The Bertz CT molecular complexity index is 472. The third kappa shape index (κ3) is 4.11. The van der Waals surface area contributed by atoms with Crippen molar-refractivity contribution in [3.8, 4) is 0 Å². The number of nitrogens with zero attached hydrogens (tertiary/aromatic N) is 1. The zero-order valence-electron chi connectivity index (χ0n) is 11.9. The predicted molar refractivity (Wildman–Crippen MR) is 75.6 cm³/mol. The molecule has 2 rings (SSSR count). The minimum absolute atomic E-state index is 0.0527. The maximum absolute atomic E-state index is 13.1. The molecular weight excluding hydrogens is 281 g/mol. The summed E-state index contributed by atoms with van der Waals surface area (Å²) in [5.74, 6) is 0. The second kappa shape index (κ2) is 6.66. The van der Waals surface area contributed by atoms with Gasteiger partial charge in [-0.3, -0.25) is 4.90 Å². The van der Waals surface area contributed by atoms with Gasteiger partial charge in [-0.15, -0.1) is 0 Å². The van der Waals surface area contributed by atoms with E-state index in [2.05, 4.69) is 0 Å². The molecule has 1 aliphatic rings. The average molecular weight is 302 g/mol. The molecule has 0 amide bonds. The van der Waals surface area contributed by atoms with Crippen molar-refractivity contribution in [2.75, 3.05) is 18.9 Å². The number of aliphatic hydroxyl groups is 1. The van der Waals surface area contributed by atoms with Crippen LogP contribution in [0.15, 0.2) is 18.2 Å². The molecule has 118 valence electrons. The Balaban J connectivity index is 2.19. The van der Waals surface area contributed by atoms with Crippen LogP contribution in [0.4, 0.5) is 18.9 Å². The van der Waals surface area contributed by atoms with Gasteiger partial charge in [0.05, 0.1) is 5.56 Å². The van der Waals surface area contributed by atoms with Crippen LogP contribution >= 0.6 is 0 Å². The van der Waals surface area contributed by atoms with Crippen LogP contribution in [0.25, 0.3) is 0 Å². The zero-order valence-corrected chi connectivity index (χ0v) is 11.9. The van der Waals surface area contributed by atoms with Gasteiger partial charge < -0.3 is 10.8 Å². The minimum atomic E-state index is -4.40. The largest absolute Gasteiger partial charge is 0.416 e. The van der Waals surface area contributed by atoms with Gasteiger partial charge in [-0.05, 0) is 37.0 Å². The van der Waals surface area contributed by atoms with E-state index in [1.807, 2.05) is 4.90 Å². The lowest BCUT2D eigenvalue weighted by atomic mass is 9.90. The van der Waals surface area contributed by atoms with Crippen molar-refractivity contribution in [3.63, 3.8) is 0 Å². The molecule has 1 saturated carbocycles. The van der Waals surface area contributed by atoms with E-state index in [4.69, 9.17) is 10.8 Å². The monoisotopic (exact) mass is 302 g/mol. The van der Waals surface area contributed by atoms with Crippen molar-refractivity contribution in [1.82, 2.24) is 4.90 Å². The van der Waals surface area contributed by atoms with Crippen molar-refractivity contribution >= 4 is 5.69 Å². The number of benzene rings is 1. The first-order valence-electron chi connectivity index (χ1n) is 7.22. The van der Waals surface area contributed by atoms with Crippen LogP contribution in [0.3, 0.4) is 0 Å². The maximum atomic E-state index is 13.1. The molecule has 0 spiro atoms. The van der Waals surface area contributed by atoms with Crippen molar-refractivity contribution in [2.24, 2.45) is 0 Å². The predicted octanol–water partition coefficient (Wildman–Crippen LogP) is 3.02. The first-order chi connectivity index (χ1) is 9.91. The van der Waals surface area contributed by atoms with Crippen LogP contribution in [-0.4, -0.2) is 29.2 Å². The van der Waals surface area contributed by atoms with Crippen molar-refractivity contribution in [2.45, 2.75) is 44.4 Å². The standard InChI is InChI=1S/C15H21F3N2O/c16-15(17,18)14-9-12(19)6-5-11(14)10-20(7-2-8-21)13-3-1-4-13/h5-6,9,13,21H,1-4,7-8,10,19H2. The van der Waals surface area contributed by atoms with Gasteiger partial charge in [-0.25, -0.2) is 0 Å². The van der Waals surface area contributed by atoms with E-state index in [-0.39, 0.29) is 24.4 Å². The highest BCUT2D eigenvalue weighted by molar-refractivity contribution is 5.46. The Morgan fingerprint density at radius 3 is 2.52 bits per heavy atom. The highest BCUT2D eigenvalue weighted by Gasteiger charge is 2.34. The molecular formula is C15H21F3N2O. The van der Waals surface area contributed by atoms with Crippen LogP contribution in [-0.2, 0) is 12.7 Å². The molecule has 0 bridgehead atoms. The quantitative estimate of drug-likeness (QED) is 0.794. The molecule has 6 heteroatoms. The summed E-state index contributed by atoms with van der Waals surface area (Å²) in [6.45, 7) is 0.916. The fourth-order valence-corrected chi connectivity index (χ4v) is 2.63. The fraction of sp³-hybridized carbons (Fsp3) is 0.600. The molecule has 0 aliphatic heterocycles. The number of nitrogen functional groups attached to an aromatic ring is 1. The van der Waals surface area contributed by atoms with Crippen LogP contribution in [0.1, 0.15) is 36.8 Å². The van der Waals surface area contributed by atoms with E-state index < -0.39 is 11.7 Å². The summed E-state index contributed by atoms with van der Waals surface area (Å²) in [7, 11) is 0. The molecule has 1 fully saturated rings. The van der Waals surface area contributed by atoms with Crippen LogP contribution < -0.4 is 5.73 Å². The third-order valence-corrected chi connectivity index (χ3v) is 4.01. The molecule has 0 heterocycles. The van der Waals surface area contributed by atoms with Crippen LogP contribution in [0.5, 0.6) is 0 Å². The van der Waals surface area contributed by atoms with Gasteiger partial charge in [0.1, 0.15) is 0 Å². The van der Waals surface area contributed by atoms with Gasteiger partial charge in [-0.1, -0.05) is 12.5 Å². The topological polar surface area (TPSA) is 49.5 Å². The van der Waals surface area contributed by atoms with E-state index in [1.54, 1.807) is 0 Å². The molecule has 1 aromatic rings. The molecule has 0 atom stereocenters. The number of nitrogens with two attached hydrogens (primary N) is 1. The number of alkyl halides is 3. The molecule has 0 unspecified atom stereocenters. The molecule has 0 aromatic heterocycles. The first-order valence-corrected chi connectivity index (χ1v) is 7.22. The number of rotatable bonds is 6. The lowest BCUT2D eigenvalue weighted by Crippen LogP contribution is -2.40. The summed E-state index contributed by atoms with van der Waals surface area (Å²) in [5, 5.41) is 8.95. The van der Waals surface area contributed by atoms with Gasteiger partial charge >= 0.3 is 6.18 Å². The smallest absolute Gasteiger partial charge is 0.399 e. The summed E-state index contributed by atoms with van der Waals surface area (Å²) in [6, 6.07) is 4.30. The van der Waals surface area contributed by atoms with Crippen LogP contribution in [0.2, 0.25) is 0 Å². The van der Waals surface area contributed by atoms with Crippen molar-refractivity contribution in [3.05, 3.63) is 29.3 Å². The fourth-order valence-electron chi connectivity index (χ4n) is 2.63. The maximum Gasteiger partial charge on any atom is 0.416 e. The zero-order chi connectivity index (χ0) is 15.5. The van der Waals surface area contributed by atoms with Gasteiger partial charge in [0.25, 0.3) is 0 Å². The Morgan fingerprint density at radius 2 is 2.00 bits per heavy atom. The number of halogens is 3. The Hall–Kier alpha value is -1.27.